The topological polar surface area (TPSA) is 44.4 Å². The van der Waals surface area contributed by atoms with Gasteiger partial charge in [0.25, 0.3) is 0 Å². The number of hydrogen-bond acceptors (Lipinski definition) is 3. The maximum Gasteiger partial charge on any atom is 0.239 e. The SMILES string of the molecule is CNCC1CN(c2cccc(F)c2)CC(=O)N1. The summed E-state index contributed by atoms with van der Waals surface area (Å²) in [6.45, 7) is 1.68. The Hall–Kier alpha value is -1.62. The Morgan fingerprint density at radius 3 is 3.12 bits per heavy atom. The number of nitrogens with zero attached hydrogens (tertiary/aromatic N) is 1. The summed E-state index contributed by atoms with van der Waals surface area (Å²) in [4.78, 5) is 13.4. The smallest absolute Gasteiger partial charge is 0.239 e. The van der Waals surface area contributed by atoms with Crippen LogP contribution < -0.4 is 15.5 Å². The first-order valence-electron chi connectivity index (χ1n) is 5.63. The number of benzene rings is 1. The van der Waals surface area contributed by atoms with E-state index < -0.39 is 0 Å². The van der Waals surface area contributed by atoms with Crippen LogP contribution in [0.3, 0.4) is 0 Å². The molecule has 1 aliphatic rings. The van der Waals surface area contributed by atoms with Crippen LogP contribution in [0.25, 0.3) is 0 Å². The molecule has 1 atom stereocenters. The van der Waals surface area contributed by atoms with Crippen LogP contribution >= 0.6 is 0 Å². The van der Waals surface area contributed by atoms with Gasteiger partial charge in [0, 0.05) is 18.8 Å². The van der Waals surface area contributed by atoms with E-state index in [1.807, 2.05) is 18.0 Å². The summed E-state index contributed by atoms with van der Waals surface area (Å²) in [6, 6.07) is 6.39. The Labute approximate surface area is 99.8 Å². The average Bonchev–Trinajstić information content (AvgIpc) is 2.28. The molecule has 0 aliphatic carbocycles. The first-order chi connectivity index (χ1) is 8.19. The standard InChI is InChI=1S/C12H16FN3O/c1-14-6-10-7-16(8-12(17)15-10)11-4-2-3-9(13)5-11/h2-5,10,14H,6-8H2,1H3,(H,15,17). The second-order valence-corrected chi connectivity index (χ2v) is 4.18. The summed E-state index contributed by atoms with van der Waals surface area (Å²) in [7, 11) is 1.84. The molecule has 0 saturated carbocycles. The molecule has 0 aromatic heterocycles. The maximum atomic E-state index is 13.1. The van der Waals surface area contributed by atoms with E-state index in [2.05, 4.69) is 10.6 Å². The second kappa shape index (κ2) is 5.14. The third-order valence-electron chi connectivity index (χ3n) is 2.76. The van der Waals surface area contributed by atoms with Crippen molar-refractivity contribution in [2.24, 2.45) is 0 Å². The van der Waals surface area contributed by atoms with Crippen LogP contribution in [0.15, 0.2) is 24.3 Å². The summed E-state index contributed by atoms with van der Waals surface area (Å²) in [6.07, 6.45) is 0. The molecule has 1 aliphatic heterocycles. The van der Waals surface area contributed by atoms with E-state index in [0.29, 0.717) is 13.1 Å². The Bertz CT molecular complexity index is 410. The summed E-state index contributed by atoms with van der Waals surface area (Å²) >= 11 is 0. The van der Waals surface area contributed by atoms with Crippen molar-refractivity contribution in [3.8, 4) is 0 Å². The van der Waals surface area contributed by atoms with E-state index in [1.54, 1.807) is 6.07 Å². The number of likely N-dealkylation sites (N-methyl/N-ethyl adjacent to an activating group) is 1. The molecule has 0 spiro atoms. The van der Waals surface area contributed by atoms with Crippen molar-refractivity contribution in [3.63, 3.8) is 0 Å². The van der Waals surface area contributed by atoms with E-state index >= 15 is 0 Å². The van der Waals surface area contributed by atoms with Gasteiger partial charge in [0.15, 0.2) is 0 Å². The van der Waals surface area contributed by atoms with Crippen LogP contribution in [-0.2, 0) is 4.79 Å². The molecule has 1 aromatic rings. The zero-order valence-electron chi connectivity index (χ0n) is 9.74. The molecule has 1 fully saturated rings. The lowest BCUT2D eigenvalue weighted by molar-refractivity contribution is -0.121. The van der Waals surface area contributed by atoms with Gasteiger partial charge in [-0.25, -0.2) is 4.39 Å². The Kier molecular flexibility index (Phi) is 3.58. The van der Waals surface area contributed by atoms with Gasteiger partial charge in [-0.2, -0.15) is 0 Å². The largest absolute Gasteiger partial charge is 0.360 e. The number of halogens is 1. The van der Waals surface area contributed by atoms with E-state index in [-0.39, 0.29) is 24.3 Å². The number of carbonyl (C=O) groups is 1. The number of amides is 1. The predicted molar refractivity (Wildman–Crippen MR) is 64.5 cm³/mol. The fourth-order valence-electron chi connectivity index (χ4n) is 2.05. The number of hydrogen-bond donors (Lipinski definition) is 2. The van der Waals surface area contributed by atoms with Crippen LogP contribution in [0.2, 0.25) is 0 Å². The highest BCUT2D eigenvalue weighted by atomic mass is 19.1. The van der Waals surface area contributed by atoms with Crippen LogP contribution in [0.4, 0.5) is 10.1 Å². The Balaban J connectivity index is 2.12. The minimum Gasteiger partial charge on any atom is -0.360 e. The lowest BCUT2D eigenvalue weighted by atomic mass is 10.1. The Morgan fingerprint density at radius 2 is 2.41 bits per heavy atom. The monoisotopic (exact) mass is 237 g/mol. The fraction of sp³-hybridized carbons (Fsp3) is 0.417. The molecule has 0 bridgehead atoms. The summed E-state index contributed by atoms with van der Waals surface area (Å²) in [5.41, 5.74) is 0.751. The molecule has 5 heteroatoms. The van der Waals surface area contributed by atoms with Crippen molar-refractivity contribution in [2.45, 2.75) is 6.04 Å². The molecule has 4 nitrogen and oxygen atoms in total. The Morgan fingerprint density at radius 1 is 1.59 bits per heavy atom. The van der Waals surface area contributed by atoms with Crippen molar-refractivity contribution < 1.29 is 9.18 Å². The van der Waals surface area contributed by atoms with E-state index in [4.69, 9.17) is 0 Å². The quantitative estimate of drug-likeness (QED) is 0.797. The van der Waals surface area contributed by atoms with Gasteiger partial charge >= 0.3 is 0 Å². The molecule has 1 aromatic carbocycles. The van der Waals surface area contributed by atoms with Gasteiger partial charge < -0.3 is 15.5 Å². The third-order valence-corrected chi connectivity index (χ3v) is 2.76. The highest BCUT2D eigenvalue weighted by molar-refractivity contribution is 5.83. The lowest BCUT2D eigenvalue weighted by Gasteiger charge is -2.34. The van der Waals surface area contributed by atoms with Crippen LogP contribution in [-0.4, -0.2) is 38.6 Å². The number of piperazine rings is 1. The first kappa shape index (κ1) is 11.9. The number of anilines is 1. The highest BCUT2D eigenvalue weighted by Crippen LogP contribution is 2.17. The molecular formula is C12H16FN3O. The van der Waals surface area contributed by atoms with Crippen molar-refractivity contribution >= 4 is 11.6 Å². The molecule has 17 heavy (non-hydrogen) atoms. The lowest BCUT2D eigenvalue weighted by Crippen LogP contribution is -2.57. The molecule has 92 valence electrons. The zero-order valence-corrected chi connectivity index (χ0v) is 9.74. The van der Waals surface area contributed by atoms with Gasteiger partial charge in [0.05, 0.1) is 12.6 Å². The van der Waals surface area contributed by atoms with Crippen molar-refractivity contribution in [3.05, 3.63) is 30.1 Å². The molecule has 1 amide bonds. The summed E-state index contributed by atoms with van der Waals surface area (Å²) in [5.74, 6) is -0.306. The van der Waals surface area contributed by atoms with E-state index in [1.165, 1.54) is 12.1 Å². The molecule has 2 N–H and O–H groups in total. The van der Waals surface area contributed by atoms with Gasteiger partial charge in [-0.15, -0.1) is 0 Å². The molecule has 1 unspecified atom stereocenters. The van der Waals surface area contributed by atoms with Crippen molar-refractivity contribution in [1.82, 2.24) is 10.6 Å². The fourth-order valence-corrected chi connectivity index (χ4v) is 2.05. The van der Waals surface area contributed by atoms with Gasteiger partial charge in [-0.1, -0.05) is 6.07 Å². The van der Waals surface area contributed by atoms with Crippen LogP contribution in [0.1, 0.15) is 0 Å². The van der Waals surface area contributed by atoms with Gasteiger partial charge in [-0.3, -0.25) is 4.79 Å². The molecule has 1 heterocycles. The minimum absolute atomic E-state index is 0.0271. The predicted octanol–water partition coefficient (Wildman–Crippen LogP) is 0.350. The van der Waals surface area contributed by atoms with Gasteiger partial charge in [-0.05, 0) is 25.2 Å². The number of rotatable bonds is 3. The van der Waals surface area contributed by atoms with Crippen LogP contribution in [0.5, 0.6) is 0 Å². The van der Waals surface area contributed by atoms with Crippen molar-refractivity contribution in [2.75, 3.05) is 31.6 Å². The average molecular weight is 237 g/mol. The zero-order chi connectivity index (χ0) is 12.3. The van der Waals surface area contributed by atoms with E-state index in [9.17, 15) is 9.18 Å². The first-order valence-corrected chi connectivity index (χ1v) is 5.63. The molecule has 2 rings (SSSR count). The molecular weight excluding hydrogens is 221 g/mol. The minimum atomic E-state index is -0.279. The molecule has 1 saturated heterocycles. The number of carbonyl (C=O) groups excluding carboxylic acids is 1. The number of nitrogens with one attached hydrogen (secondary N) is 2. The third kappa shape index (κ3) is 2.94. The normalized spacial score (nSPS) is 20.2. The summed E-state index contributed by atoms with van der Waals surface area (Å²) < 4.78 is 13.1. The highest BCUT2D eigenvalue weighted by Gasteiger charge is 2.24. The molecule has 0 radical (unpaired) electrons. The summed E-state index contributed by atoms with van der Waals surface area (Å²) in [5, 5.41) is 5.92. The van der Waals surface area contributed by atoms with Gasteiger partial charge in [0.2, 0.25) is 5.91 Å². The second-order valence-electron chi connectivity index (χ2n) is 4.18. The maximum absolute atomic E-state index is 13.1. The van der Waals surface area contributed by atoms with E-state index in [0.717, 1.165) is 5.69 Å². The van der Waals surface area contributed by atoms with Crippen molar-refractivity contribution in [1.29, 1.82) is 0 Å². The van der Waals surface area contributed by atoms with Gasteiger partial charge in [0.1, 0.15) is 5.82 Å². The van der Waals surface area contributed by atoms with Crippen LogP contribution in [0, 0.1) is 5.82 Å².